The number of imidazole rings is 1. The number of carbonyl (C=O) groups excluding carboxylic acids is 1. The maximum Gasteiger partial charge on any atom is 0.406 e. The number of aromatic nitrogens is 4. The number of terminal acetylenes is 1. The molecule has 0 bridgehead atoms. The van der Waals surface area contributed by atoms with E-state index in [1.165, 1.54) is 43.0 Å². The number of methoxy groups -OCH3 is 2. The van der Waals surface area contributed by atoms with Crippen LogP contribution in [-0.4, -0.2) is 88.4 Å². The number of benzene rings is 7. The van der Waals surface area contributed by atoms with E-state index < -0.39 is 74.1 Å². The molecule has 0 spiro atoms. The third-order valence-electron chi connectivity index (χ3n) is 17.1. The average molecular weight is 1290 g/mol. The van der Waals surface area contributed by atoms with Gasteiger partial charge in [-0.15, -0.1) is 6.42 Å². The molecule has 0 radical (unpaired) electrons. The summed E-state index contributed by atoms with van der Waals surface area (Å²) in [6.07, 6.45) is 15.2. The summed E-state index contributed by atoms with van der Waals surface area (Å²) in [7, 11) is -1.81. The Kier molecular flexibility index (Phi) is 23.2. The van der Waals surface area contributed by atoms with Crippen molar-refractivity contribution in [2.75, 3.05) is 39.4 Å². The van der Waals surface area contributed by atoms with Gasteiger partial charge in [-0.2, -0.15) is 14.4 Å². The van der Waals surface area contributed by atoms with Gasteiger partial charge in [0.25, 0.3) is 0 Å². The molecule has 17 nitrogen and oxygen atoms in total. The molecule has 1 unspecified atom stereocenters. The molecule has 5 atom stereocenters. The fourth-order valence-corrected chi connectivity index (χ4v) is 13.7. The molecule has 10 rings (SSSR count). The lowest BCUT2D eigenvalue weighted by Crippen LogP contribution is -2.49. The Labute approximate surface area is 548 Å². The summed E-state index contributed by atoms with van der Waals surface area (Å²) in [6, 6.07) is 60.5. The van der Waals surface area contributed by atoms with E-state index in [1.54, 1.807) is 44.6 Å². The molecule has 19 heteroatoms. The van der Waals surface area contributed by atoms with Crippen molar-refractivity contribution >= 4 is 36.7 Å². The van der Waals surface area contributed by atoms with E-state index >= 15 is 8.96 Å². The zero-order valence-corrected chi connectivity index (χ0v) is 54.1. The Morgan fingerprint density at radius 3 is 1.70 bits per heavy atom. The lowest BCUT2D eigenvalue weighted by Gasteiger charge is -2.41. The van der Waals surface area contributed by atoms with E-state index in [0.717, 1.165) is 42.4 Å². The van der Waals surface area contributed by atoms with Crippen LogP contribution in [0.4, 0.5) is 10.2 Å². The van der Waals surface area contributed by atoms with Crippen molar-refractivity contribution in [1.82, 2.24) is 24.6 Å². The van der Waals surface area contributed by atoms with Crippen LogP contribution in [0.2, 0.25) is 0 Å². The van der Waals surface area contributed by atoms with Gasteiger partial charge < -0.3 is 34.1 Å². The summed E-state index contributed by atoms with van der Waals surface area (Å²) < 4.78 is 78.0. The molecule has 94 heavy (non-hydrogen) atoms. The minimum Gasteiger partial charge on any atom is -0.497 e. The van der Waals surface area contributed by atoms with Crippen LogP contribution in [0.3, 0.4) is 0 Å². The monoisotopic (exact) mass is 1290 g/mol. The molecule has 1 aliphatic heterocycles. The minimum absolute atomic E-state index is 0.00183. The van der Waals surface area contributed by atoms with Gasteiger partial charge in [-0.05, 0) is 76.1 Å². The van der Waals surface area contributed by atoms with Gasteiger partial charge >= 0.3 is 25.8 Å². The van der Waals surface area contributed by atoms with Crippen molar-refractivity contribution in [3.63, 3.8) is 0 Å². The number of nitrogens with zero attached hydrogens (tertiary/aromatic N) is 4. The maximum atomic E-state index is 16.7. The van der Waals surface area contributed by atoms with Crippen molar-refractivity contribution in [2.24, 2.45) is 0 Å². The highest BCUT2D eigenvalue weighted by Crippen LogP contribution is 2.52. The van der Waals surface area contributed by atoms with E-state index in [4.69, 9.17) is 44.1 Å². The molecule has 3 N–H and O–H groups in total. The zero-order chi connectivity index (χ0) is 65.8. The highest BCUT2D eigenvalue weighted by Gasteiger charge is 2.56. The summed E-state index contributed by atoms with van der Waals surface area (Å²) in [4.78, 5) is 40.4. The summed E-state index contributed by atoms with van der Waals surface area (Å²) >= 11 is 0. The molecule has 7 aromatic carbocycles. The fourth-order valence-electron chi connectivity index (χ4n) is 12.2. The topological polar surface area (TPSA) is 204 Å². The quantitative estimate of drug-likeness (QED) is 0.00844. The number of nitrogens with one attached hydrogen (secondary N) is 2. The van der Waals surface area contributed by atoms with Crippen LogP contribution >= 0.6 is 7.75 Å². The molecule has 0 amide bonds. The third kappa shape index (κ3) is 15.9. The smallest absolute Gasteiger partial charge is 0.406 e. The van der Waals surface area contributed by atoms with E-state index in [2.05, 4.69) is 33.2 Å². The van der Waals surface area contributed by atoms with Gasteiger partial charge in [0.05, 0.1) is 27.2 Å². The molecular weight excluding hydrogens is 1210 g/mol. The van der Waals surface area contributed by atoms with Crippen LogP contribution in [0.15, 0.2) is 207 Å². The lowest BCUT2D eigenvalue weighted by atomic mass is 9.77. The summed E-state index contributed by atoms with van der Waals surface area (Å²) in [6.45, 7) is 0.611. The van der Waals surface area contributed by atoms with Gasteiger partial charge in [0.1, 0.15) is 47.6 Å². The molecule has 0 saturated carbocycles. The fraction of sp³-hybridized carbons (Fsp3) is 0.320. The van der Waals surface area contributed by atoms with Crippen LogP contribution in [0.5, 0.6) is 11.5 Å². The van der Waals surface area contributed by atoms with E-state index in [1.807, 2.05) is 170 Å². The van der Waals surface area contributed by atoms with E-state index in [9.17, 15) is 14.7 Å². The first-order valence-electron chi connectivity index (χ1n) is 32.0. The first kappa shape index (κ1) is 67.8. The standard InChI is InChI=1S/C75H80FN6O11P/c1-5-7-8-9-10-11-12-13-14-30-49-89-67(83)52-90-94(86,81-64(71(84)85)50-55-31-20-15-21-32-55)91-53-73(6-2)65(92-75(59-37-26-18-27-38-59,60-39-28-19-29-40-60)61-43-47-63(88-4)48-44-61)51-66(93-73)82-54-77-68-69(78-72(76)79-70(68)82)80-74(56-33-22-16-23-34-56,57-35-24-17-25-36-57)58-41-45-62(87-3)46-42-58/h2,15-29,31-48,54,64-66H,5,7-14,30,49-53H2,1,3-4H3,(H,81,86)(H,84,85)(H,78,79,80)/t64-,65-,66+,73+,94?/m0/s1. The average Bonchev–Trinajstić information content (AvgIpc) is 1.76. The number of hydrogen-bond donors (Lipinski definition) is 3. The van der Waals surface area contributed by atoms with Crippen molar-refractivity contribution < 1.29 is 56.4 Å². The first-order valence-corrected chi connectivity index (χ1v) is 33.5. The number of anilines is 1. The second kappa shape index (κ2) is 32.2. The molecule has 1 saturated heterocycles. The highest BCUT2D eigenvalue weighted by atomic mass is 31.2. The number of halogens is 1. The zero-order valence-electron chi connectivity index (χ0n) is 53.2. The summed E-state index contributed by atoms with van der Waals surface area (Å²) in [5.41, 5.74) is 0.270. The van der Waals surface area contributed by atoms with Gasteiger partial charge in [0.2, 0.25) is 0 Å². The number of esters is 1. The van der Waals surface area contributed by atoms with Crippen LogP contribution in [0.1, 0.15) is 123 Å². The summed E-state index contributed by atoms with van der Waals surface area (Å²) in [5.74, 6) is 1.84. The van der Waals surface area contributed by atoms with Crippen LogP contribution in [0.25, 0.3) is 11.2 Å². The van der Waals surface area contributed by atoms with Gasteiger partial charge in [-0.25, -0.2) is 19.4 Å². The molecular formula is C75H80FN6O11P. The number of ether oxygens (including phenoxy) is 5. The minimum atomic E-state index is -4.97. The number of rotatable bonds is 35. The number of hydrogen-bond acceptors (Lipinski definition) is 14. The van der Waals surface area contributed by atoms with Crippen molar-refractivity contribution in [3.8, 4) is 23.8 Å². The van der Waals surface area contributed by atoms with Gasteiger partial charge in [-0.1, -0.05) is 247 Å². The second-order valence-corrected chi connectivity index (χ2v) is 25.0. The maximum absolute atomic E-state index is 16.7. The largest absolute Gasteiger partial charge is 0.497 e. The van der Waals surface area contributed by atoms with E-state index in [0.29, 0.717) is 40.2 Å². The SMILES string of the molecule is C#C[C@]1(COP(=O)(N[C@@H](Cc2ccccc2)C(=O)O)OCC(=O)OCCCCCCCCCCCC)O[C@@H](n2cnc3c(NC(c4ccccc4)(c4ccccc4)c4ccc(OC)cc4)nc(F)nc32)C[C@@H]1OC(c1ccccc1)(c1ccccc1)c1ccc(OC)cc1. The Hall–Kier alpha value is -9.05. The number of carboxylic acid groups (broad SMARTS) is 1. The van der Waals surface area contributed by atoms with Crippen LogP contribution in [-0.2, 0) is 55.0 Å². The number of fused-ring (bicyclic) bond motifs is 1. The number of carbonyl (C=O) groups is 2. The number of carboxylic acids is 1. The normalized spacial score (nSPS) is 16.6. The van der Waals surface area contributed by atoms with Gasteiger partial charge in [0.15, 0.2) is 29.2 Å². The van der Waals surface area contributed by atoms with Gasteiger partial charge in [0, 0.05) is 6.42 Å². The van der Waals surface area contributed by atoms with Crippen LogP contribution < -0.4 is 19.9 Å². The van der Waals surface area contributed by atoms with Crippen molar-refractivity contribution in [2.45, 2.75) is 119 Å². The molecule has 9 aromatic rings. The lowest BCUT2D eigenvalue weighted by molar-refractivity contribution is -0.147. The Bertz CT molecular complexity index is 3880. The number of unbranched alkanes of at least 4 members (excludes halogenated alkanes) is 9. The number of aliphatic carboxylic acids is 1. The molecule has 3 heterocycles. The van der Waals surface area contributed by atoms with Crippen LogP contribution in [0, 0.1) is 18.4 Å². The Morgan fingerprint density at radius 1 is 0.691 bits per heavy atom. The van der Waals surface area contributed by atoms with Gasteiger partial charge in [-0.3, -0.25) is 18.4 Å². The molecule has 1 aliphatic rings. The first-order chi connectivity index (χ1) is 45.9. The highest BCUT2D eigenvalue weighted by molar-refractivity contribution is 7.51. The Balaban J connectivity index is 1.04. The van der Waals surface area contributed by atoms with E-state index in [-0.39, 0.29) is 36.4 Å². The predicted octanol–water partition coefficient (Wildman–Crippen LogP) is 14.9. The molecule has 0 aliphatic carbocycles. The third-order valence-corrected chi connectivity index (χ3v) is 18.7. The molecule has 2 aromatic heterocycles. The Morgan fingerprint density at radius 2 is 1.18 bits per heavy atom. The van der Waals surface area contributed by atoms with Crippen molar-refractivity contribution in [3.05, 3.63) is 252 Å². The predicted molar refractivity (Wildman–Crippen MR) is 359 cm³/mol. The summed E-state index contributed by atoms with van der Waals surface area (Å²) in [5, 5.41) is 17.0. The molecule has 488 valence electrons. The molecule has 1 fully saturated rings. The van der Waals surface area contributed by atoms with Crippen molar-refractivity contribution in [1.29, 1.82) is 0 Å². The second-order valence-electron chi connectivity index (χ2n) is 23.2.